The fourth-order valence-electron chi connectivity index (χ4n) is 4.98. The van der Waals surface area contributed by atoms with Gasteiger partial charge in [-0.1, -0.05) is 26.0 Å². The first-order valence-corrected chi connectivity index (χ1v) is 11.9. The van der Waals surface area contributed by atoms with Gasteiger partial charge < -0.3 is 9.47 Å². The summed E-state index contributed by atoms with van der Waals surface area (Å²) in [6.45, 7) is 10.7. The number of rotatable bonds is 7. The molecular weight excluding hydrogens is 401 g/mol. The third-order valence-electron chi connectivity index (χ3n) is 7.14. The van der Waals surface area contributed by atoms with Crippen molar-refractivity contribution in [1.29, 1.82) is 0 Å². The van der Waals surface area contributed by atoms with Gasteiger partial charge in [0, 0.05) is 49.4 Å². The van der Waals surface area contributed by atoms with Gasteiger partial charge in [-0.15, -0.1) is 0 Å². The highest BCUT2D eigenvalue weighted by molar-refractivity contribution is 7.94. The number of methoxy groups -OCH3 is 1. The predicted molar refractivity (Wildman–Crippen MR) is 121 cm³/mol. The lowest BCUT2D eigenvalue weighted by atomic mass is 9.76. The smallest absolute Gasteiger partial charge is 0.438 e. The summed E-state index contributed by atoms with van der Waals surface area (Å²) in [6, 6.07) is 4.94. The van der Waals surface area contributed by atoms with Crippen LogP contribution in [-0.4, -0.2) is 43.1 Å². The Kier molecular flexibility index (Phi) is 7.72. The summed E-state index contributed by atoms with van der Waals surface area (Å²) in [5.41, 5.74) is 5.55. The van der Waals surface area contributed by atoms with Crippen LogP contribution in [0.1, 0.15) is 67.8 Å². The first kappa shape index (κ1) is 23.4. The summed E-state index contributed by atoms with van der Waals surface area (Å²) in [6.07, 6.45) is 3.93. The molecule has 2 heterocycles. The number of carbonyl (C=O) groups is 1. The van der Waals surface area contributed by atoms with Gasteiger partial charge in [0.1, 0.15) is 6.10 Å². The van der Waals surface area contributed by atoms with Gasteiger partial charge in [0.05, 0.1) is 7.11 Å². The second kappa shape index (κ2) is 9.90. The zero-order valence-electron chi connectivity index (χ0n) is 19.0. The Morgan fingerprint density at radius 1 is 1.27 bits per heavy atom. The van der Waals surface area contributed by atoms with E-state index in [1.54, 1.807) is 0 Å². The lowest BCUT2D eigenvalue weighted by Crippen LogP contribution is -2.49. The molecule has 3 rings (SSSR count). The van der Waals surface area contributed by atoms with E-state index in [9.17, 15) is 8.68 Å². The van der Waals surface area contributed by atoms with Gasteiger partial charge in [-0.2, -0.15) is 3.89 Å². The number of ether oxygens (including phenoxy) is 2. The molecule has 1 aromatic rings. The van der Waals surface area contributed by atoms with E-state index < -0.39 is 6.16 Å². The molecule has 0 bridgehead atoms. The average Bonchev–Trinajstić information content (AvgIpc) is 2.71. The molecular formula is C24H36FNO3S. The maximum absolute atomic E-state index is 12.6. The first-order chi connectivity index (χ1) is 14.2. The summed E-state index contributed by atoms with van der Waals surface area (Å²) in [5, 5.41) is 0. The zero-order valence-corrected chi connectivity index (χ0v) is 19.8. The van der Waals surface area contributed by atoms with Crippen molar-refractivity contribution in [2.45, 2.75) is 71.9 Å². The highest BCUT2D eigenvalue weighted by Gasteiger charge is 2.41. The van der Waals surface area contributed by atoms with Gasteiger partial charge in [-0.25, -0.2) is 4.79 Å². The van der Waals surface area contributed by atoms with Gasteiger partial charge in [0.25, 0.3) is 0 Å². The minimum absolute atomic E-state index is 0.0783. The van der Waals surface area contributed by atoms with Gasteiger partial charge in [-0.3, -0.25) is 4.90 Å². The SMILES string of the molecule is COC(=O)O[C@H]1C[C@H]2c3cc(C)c(C)cc3CCN2C[C@@H]1CCC(C)(C)CCSF. The second-order valence-electron chi connectivity index (χ2n) is 9.77. The van der Waals surface area contributed by atoms with Gasteiger partial charge in [0.2, 0.25) is 0 Å². The number of hydrogen-bond donors (Lipinski definition) is 0. The molecule has 6 heteroatoms. The van der Waals surface area contributed by atoms with E-state index in [4.69, 9.17) is 9.47 Å². The Bertz CT molecular complexity index is 754. The summed E-state index contributed by atoms with van der Waals surface area (Å²) < 4.78 is 23.1. The van der Waals surface area contributed by atoms with E-state index in [0.717, 1.165) is 45.2 Å². The quantitative estimate of drug-likeness (QED) is 0.476. The lowest BCUT2D eigenvalue weighted by molar-refractivity contribution is -0.0488. The Hall–Kier alpha value is -1.27. The van der Waals surface area contributed by atoms with Crippen molar-refractivity contribution in [3.05, 3.63) is 34.4 Å². The van der Waals surface area contributed by atoms with Gasteiger partial charge in [0.15, 0.2) is 0 Å². The number of halogens is 1. The molecule has 30 heavy (non-hydrogen) atoms. The number of fused-ring (bicyclic) bond motifs is 3. The molecule has 4 nitrogen and oxygen atoms in total. The number of aryl methyl sites for hydroxylation is 2. The fraction of sp³-hybridized carbons (Fsp3) is 0.708. The van der Waals surface area contributed by atoms with E-state index in [-0.39, 0.29) is 23.5 Å². The van der Waals surface area contributed by atoms with Crippen molar-refractivity contribution in [3.8, 4) is 0 Å². The summed E-state index contributed by atoms with van der Waals surface area (Å²) in [7, 11) is 1.37. The molecule has 0 saturated carbocycles. The number of carbonyl (C=O) groups excluding carboxylic acids is 1. The lowest BCUT2D eigenvalue weighted by Gasteiger charge is -2.47. The minimum atomic E-state index is -0.595. The van der Waals surface area contributed by atoms with Crippen molar-refractivity contribution in [3.63, 3.8) is 0 Å². The van der Waals surface area contributed by atoms with Gasteiger partial charge in [-0.05, 0) is 67.2 Å². The zero-order chi connectivity index (χ0) is 21.9. The number of benzene rings is 1. The van der Waals surface area contributed by atoms with E-state index in [0.29, 0.717) is 17.9 Å². The van der Waals surface area contributed by atoms with Crippen LogP contribution in [0.2, 0.25) is 0 Å². The molecule has 0 aromatic heterocycles. The van der Waals surface area contributed by atoms with Gasteiger partial charge >= 0.3 is 6.16 Å². The van der Waals surface area contributed by atoms with Crippen LogP contribution in [0.25, 0.3) is 0 Å². The molecule has 0 spiro atoms. The molecule has 1 fully saturated rings. The van der Waals surface area contributed by atoms with E-state index >= 15 is 0 Å². The highest BCUT2D eigenvalue weighted by Crippen LogP contribution is 2.42. The number of piperidine rings is 1. The van der Waals surface area contributed by atoms with Crippen LogP contribution in [0.3, 0.4) is 0 Å². The van der Waals surface area contributed by atoms with E-state index in [1.807, 2.05) is 0 Å². The molecule has 0 amide bonds. The molecule has 0 N–H and O–H groups in total. The van der Waals surface area contributed by atoms with Crippen molar-refractivity contribution < 1.29 is 18.2 Å². The molecule has 1 saturated heterocycles. The van der Waals surface area contributed by atoms with Crippen LogP contribution in [-0.2, 0) is 15.9 Å². The van der Waals surface area contributed by atoms with E-state index in [2.05, 4.69) is 44.7 Å². The Balaban J connectivity index is 1.77. The molecule has 0 unspecified atom stereocenters. The molecule has 3 atom stereocenters. The maximum atomic E-state index is 12.6. The van der Waals surface area contributed by atoms with Crippen molar-refractivity contribution >= 4 is 18.3 Å². The molecule has 2 aliphatic rings. The van der Waals surface area contributed by atoms with Crippen LogP contribution in [0.4, 0.5) is 8.68 Å². The second-order valence-corrected chi connectivity index (χ2v) is 10.4. The van der Waals surface area contributed by atoms with Crippen LogP contribution >= 0.6 is 12.1 Å². The monoisotopic (exact) mass is 437 g/mol. The average molecular weight is 438 g/mol. The standard InChI is InChI=1S/C24H36FNO3S/c1-16-12-18-7-10-26-15-19(6-8-24(3,4)9-11-30-25)22(29-23(27)28-5)14-21(26)20(18)13-17(16)2/h12-13,19,21-22H,6-11,14-15H2,1-5H3/t19-,21-,22-/m0/s1. The normalized spacial score (nSPS) is 24.1. The Morgan fingerprint density at radius 2 is 2.00 bits per heavy atom. The molecule has 1 aromatic carbocycles. The predicted octanol–water partition coefficient (Wildman–Crippen LogP) is 6.19. The largest absolute Gasteiger partial charge is 0.508 e. The number of nitrogens with zero attached hydrogens (tertiary/aromatic N) is 1. The Morgan fingerprint density at radius 3 is 2.70 bits per heavy atom. The molecule has 0 aliphatic carbocycles. The number of hydrogen-bond acceptors (Lipinski definition) is 5. The third kappa shape index (κ3) is 5.50. The first-order valence-electron chi connectivity index (χ1n) is 11.1. The van der Waals surface area contributed by atoms with Crippen molar-refractivity contribution in [2.75, 3.05) is 26.0 Å². The highest BCUT2D eigenvalue weighted by atomic mass is 32.2. The van der Waals surface area contributed by atoms with Crippen LogP contribution in [0.5, 0.6) is 0 Å². The summed E-state index contributed by atoms with van der Waals surface area (Å²) in [5.74, 6) is 0.800. The summed E-state index contributed by atoms with van der Waals surface area (Å²) >= 11 is 0.418. The molecule has 2 aliphatic heterocycles. The van der Waals surface area contributed by atoms with Crippen molar-refractivity contribution in [1.82, 2.24) is 4.90 Å². The molecule has 0 radical (unpaired) electrons. The van der Waals surface area contributed by atoms with Crippen LogP contribution in [0, 0.1) is 25.2 Å². The topological polar surface area (TPSA) is 38.8 Å². The van der Waals surface area contributed by atoms with E-state index in [1.165, 1.54) is 29.4 Å². The molecule has 168 valence electrons. The third-order valence-corrected chi connectivity index (χ3v) is 7.49. The minimum Gasteiger partial charge on any atom is -0.438 e. The fourth-order valence-corrected chi connectivity index (χ4v) is 5.61. The van der Waals surface area contributed by atoms with Crippen LogP contribution in [0.15, 0.2) is 12.1 Å². The summed E-state index contributed by atoms with van der Waals surface area (Å²) in [4.78, 5) is 14.5. The maximum Gasteiger partial charge on any atom is 0.508 e. The Labute approximate surface area is 185 Å². The van der Waals surface area contributed by atoms with Crippen LogP contribution < -0.4 is 0 Å². The van der Waals surface area contributed by atoms with Crippen molar-refractivity contribution in [2.24, 2.45) is 11.3 Å².